The van der Waals surface area contributed by atoms with Gasteiger partial charge in [0.25, 0.3) is 5.24 Å². The minimum absolute atomic E-state index is 0.135. The SMILES string of the molecule is Cc1oc(/C=C/c2ccccc2Cl)nc1C(=O)Cl. The number of aromatic nitrogens is 1. The maximum absolute atomic E-state index is 11.0. The van der Waals surface area contributed by atoms with E-state index in [0.717, 1.165) is 5.56 Å². The second-order valence-corrected chi connectivity index (χ2v) is 4.34. The molecule has 0 radical (unpaired) electrons. The molecular formula is C13H9Cl2NO2. The van der Waals surface area contributed by atoms with Crippen LogP contribution in [0.5, 0.6) is 0 Å². The number of carbonyl (C=O) groups is 1. The van der Waals surface area contributed by atoms with Crippen LogP contribution in [-0.2, 0) is 0 Å². The highest BCUT2D eigenvalue weighted by Gasteiger charge is 2.13. The Morgan fingerprint density at radius 3 is 2.67 bits per heavy atom. The molecule has 0 saturated heterocycles. The Labute approximate surface area is 114 Å². The number of halogens is 2. The molecule has 5 heteroatoms. The van der Waals surface area contributed by atoms with E-state index in [-0.39, 0.29) is 5.69 Å². The summed E-state index contributed by atoms with van der Waals surface area (Å²) in [5.41, 5.74) is 0.976. The highest BCUT2D eigenvalue weighted by atomic mass is 35.5. The number of carbonyl (C=O) groups excluding carboxylic acids is 1. The molecule has 0 unspecified atom stereocenters. The molecule has 0 N–H and O–H groups in total. The monoisotopic (exact) mass is 281 g/mol. The largest absolute Gasteiger partial charge is 0.441 e. The predicted octanol–water partition coefficient (Wildman–Crippen LogP) is 4.19. The van der Waals surface area contributed by atoms with Crippen molar-refractivity contribution in [2.75, 3.05) is 0 Å². The van der Waals surface area contributed by atoms with Crippen LogP contribution in [0, 0.1) is 6.92 Å². The van der Waals surface area contributed by atoms with Crippen LogP contribution >= 0.6 is 23.2 Å². The van der Waals surface area contributed by atoms with Gasteiger partial charge < -0.3 is 4.42 Å². The van der Waals surface area contributed by atoms with Gasteiger partial charge in [0.1, 0.15) is 5.76 Å². The molecule has 2 aromatic rings. The lowest BCUT2D eigenvalue weighted by Gasteiger charge is -1.94. The standard InChI is InChI=1S/C13H9Cl2NO2/c1-8-12(13(15)17)16-11(18-8)7-6-9-4-2-3-5-10(9)14/h2-7H,1H3/b7-6+. The third kappa shape index (κ3) is 2.81. The van der Waals surface area contributed by atoms with Crippen molar-refractivity contribution in [1.82, 2.24) is 4.98 Å². The van der Waals surface area contributed by atoms with Gasteiger partial charge in [-0.15, -0.1) is 0 Å². The Morgan fingerprint density at radius 1 is 1.33 bits per heavy atom. The van der Waals surface area contributed by atoms with Gasteiger partial charge in [0.2, 0.25) is 5.89 Å². The lowest BCUT2D eigenvalue weighted by Crippen LogP contribution is -1.90. The van der Waals surface area contributed by atoms with Gasteiger partial charge in [-0.25, -0.2) is 4.98 Å². The van der Waals surface area contributed by atoms with Crippen LogP contribution in [0.4, 0.5) is 0 Å². The topological polar surface area (TPSA) is 43.1 Å². The zero-order valence-corrected chi connectivity index (χ0v) is 11.0. The van der Waals surface area contributed by atoms with Crippen molar-refractivity contribution in [1.29, 1.82) is 0 Å². The van der Waals surface area contributed by atoms with Gasteiger partial charge in [0.15, 0.2) is 5.69 Å². The molecule has 1 aromatic carbocycles. The molecule has 1 aromatic heterocycles. The first-order valence-electron chi connectivity index (χ1n) is 5.18. The molecule has 3 nitrogen and oxygen atoms in total. The van der Waals surface area contributed by atoms with Crippen LogP contribution in [0.2, 0.25) is 5.02 Å². The zero-order chi connectivity index (χ0) is 13.1. The van der Waals surface area contributed by atoms with Crippen LogP contribution < -0.4 is 0 Å². The van der Waals surface area contributed by atoms with Gasteiger partial charge >= 0.3 is 0 Å². The molecule has 0 aliphatic heterocycles. The Bertz CT molecular complexity index is 617. The average molecular weight is 282 g/mol. The van der Waals surface area contributed by atoms with E-state index in [1.807, 2.05) is 18.2 Å². The first-order valence-corrected chi connectivity index (χ1v) is 5.93. The summed E-state index contributed by atoms with van der Waals surface area (Å²) >= 11 is 11.4. The summed E-state index contributed by atoms with van der Waals surface area (Å²) in [5.74, 6) is 0.713. The van der Waals surface area contributed by atoms with Gasteiger partial charge in [-0.3, -0.25) is 4.79 Å². The number of benzene rings is 1. The fourth-order valence-electron chi connectivity index (χ4n) is 1.44. The van der Waals surface area contributed by atoms with E-state index < -0.39 is 5.24 Å². The summed E-state index contributed by atoms with van der Waals surface area (Å²) in [6, 6.07) is 7.37. The fourth-order valence-corrected chi connectivity index (χ4v) is 1.82. The van der Waals surface area contributed by atoms with Gasteiger partial charge in [-0.05, 0) is 36.2 Å². The second-order valence-electron chi connectivity index (χ2n) is 3.59. The molecule has 0 amide bonds. The van der Waals surface area contributed by atoms with Crippen molar-refractivity contribution in [3.05, 3.63) is 52.2 Å². The Hall–Kier alpha value is -1.58. The first-order chi connectivity index (χ1) is 8.58. The van der Waals surface area contributed by atoms with Crippen molar-refractivity contribution >= 4 is 40.6 Å². The number of hydrogen-bond acceptors (Lipinski definition) is 3. The van der Waals surface area contributed by atoms with E-state index in [4.69, 9.17) is 27.6 Å². The molecule has 2 rings (SSSR count). The van der Waals surface area contributed by atoms with Gasteiger partial charge in [0.05, 0.1) is 0 Å². The highest BCUT2D eigenvalue weighted by molar-refractivity contribution is 6.67. The van der Waals surface area contributed by atoms with Crippen molar-refractivity contribution < 1.29 is 9.21 Å². The number of nitrogens with zero attached hydrogens (tertiary/aromatic N) is 1. The van der Waals surface area contributed by atoms with Crippen LogP contribution in [0.3, 0.4) is 0 Å². The van der Waals surface area contributed by atoms with Crippen molar-refractivity contribution in [3.63, 3.8) is 0 Å². The molecule has 0 spiro atoms. The van der Waals surface area contributed by atoms with Crippen LogP contribution in [0.15, 0.2) is 28.7 Å². The van der Waals surface area contributed by atoms with Crippen LogP contribution in [0.25, 0.3) is 12.2 Å². The molecule has 92 valence electrons. The Kier molecular flexibility index (Phi) is 3.84. The quantitative estimate of drug-likeness (QED) is 0.793. The summed E-state index contributed by atoms with van der Waals surface area (Å²) in [4.78, 5) is 15.0. The number of oxazole rings is 1. The number of hydrogen-bond donors (Lipinski definition) is 0. The Balaban J connectivity index is 2.27. The normalized spacial score (nSPS) is 11.1. The summed E-state index contributed by atoms with van der Waals surface area (Å²) in [6.07, 6.45) is 3.40. The third-order valence-corrected chi connectivity index (χ3v) is 2.83. The number of aryl methyl sites for hydroxylation is 1. The summed E-state index contributed by atoms with van der Waals surface area (Å²) < 4.78 is 5.29. The maximum atomic E-state index is 11.0. The zero-order valence-electron chi connectivity index (χ0n) is 9.48. The predicted molar refractivity (Wildman–Crippen MR) is 71.8 cm³/mol. The van der Waals surface area contributed by atoms with E-state index in [0.29, 0.717) is 16.7 Å². The smallest absolute Gasteiger partial charge is 0.274 e. The maximum Gasteiger partial charge on any atom is 0.274 e. The third-order valence-electron chi connectivity index (χ3n) is 2.31. The van der Waals surface area contributed by atoms with Gasteiger partial charge in [0, 0.05) is 11.1 Å². The average Bonchev–Trinajstić information content (AvgIpc) is 2.70. The molecule has 0 aliphatic carbocycles. The van der Waals surface area contributed by atoms with E-state index in [2.05, 4.69) is 4.98 Å². The van der Waals surface area contributed by atoms with E-state index in [1.54, 1.807) is 25.1 Å². The Morgan fingerprint density at radius 2 is 2.06 bits per heavy atom. The van der Waals surface area contributed by atoms with Gasteiger partial charge in [-0.1, -0.05) is 29.8 Å². The minimum atomic E-state index is -0.631. The molecule has 0 aliphatic rings. The van der Waals surface area contributed by atoms with Crippen molar-refractivity contribution in [3.8, 4) is 0 Å². The second kappa shape index (κ2) is 5.38. The molecule has 0 bridgehead atoms. The molecule has 1 heterocycles. The summed E-state index contributed by atoms with van der Waals surface area (Å²) in [5, 5.41) is -0.000634. The highest BCUT2D eigenvalue weighted by Crippen LogP contribution is 2.19. The fraction of sp³-hybridized carbons (Fsp3) is 0.0769. The van der Waals surface area contributed by atoms with E-state index in [9.17, 15) is 4.79 Å². The molecule has 18 heavy (non-hydrogen) atoms. The molecule has 0 saturated carbocycles. The lowest BCUT2D eigenvalue weighted by atomic mass is 10.2. The van der Waals surface area contributed by atoms with Crippen molar-refractivity contribution in [2.24, 2.45) is 0 Å². The van der Waals surface area contributed by atoms with Crippen LogP contribution in [0.1, 0.15) is 27.7 Å². The first kappa shape index (κ1) is 12.9. The van der Waals surface area contributed by atoms with E-state index in [1.165, 1.54) is 0 Å². The molecule has 0 fully saturated rings. The summed E-state index contributed by atoms with van der Waals surface area (Å²) in [6.45, 7) is 1.63. The van der Waals surface area contributed by atoms with Crippen LogP contribution in [-0.4, -0.2) is 10.2 Å². The molecular weight excluding hydrogens is 273 g/mol. The van der Waals surface area contributed by atoms with Crippen molar-refractivity contribution in [2.45, 2.75) is 6.92 Å². The number of rotatable bonds is 3. The minimum Gasteiger partial charge on any atom is -0.441 e. The molecule has 0 atom stereocenters. The van der Waals surface area contributed by atoms with E-state index >= 15 is 0 Å². The lowest BCUT2D eigenvalue weighted by molar-refractivity contribution is 0.107. The van der Waals surface area contributed by atoms with Gasteiger partial charge in [-0.2, -0.15) is 0 Å². The summed E-state index contributed by atoms with van der Waals surface area (Å²) in [7, 11) is 0.